The Hall–Kier alpha value is -2.15. The Bertz CT molecular complexity index is 1060. The minimum atomic E-state index is -1.62. The Morgan fingerprint density at radius 3 is 1.73 bits per heavy atom. The van der Waals surface area contributed by atoms with E-state index in [9.17, 15) is 35.4 Å². The summed E-state index contributed by atoms with van der Waals surface area (Å²) in [7, 11) is 0. The van der Waals surface area contributed by atoms with Crippen molar-refractivity contribution in [3.8, 4) is 0 Å². The van der Waals surface area contributed by atoms with Gasteiger partial charge in [0.25, 0.3) is 0 Å². The van der Waals surface area contributed by atoms with E-state index in [-0.39, 0.29) is 6.61 Å². The minimum absolute atomic E-state index is 0.292. The molecule has 1 aliphatic heterocycles. The maximum atomic E-state index is 13.0. The molecule has 0 spiro atoms. The Morgan fingerprint density at radius 1 is 0.636 bits per heavy atom. The van der Waals surface area contributed by atoms with Crippen LogP contribution in [0.2, 0.25) is 0 Å². The largest absolute Gasteiger partial charge is 0.394 e. The van der Waals surface area contributed by atoms with Crippen LogP contribution in [0.5, 0.6) is 0 Å². The zero-order valence-electron chi connectivity index (χ0n) is 34.3. The van der Waals surface area contributed by atoms with Gasteiger partial charge in [0.1, 0.15) is 30.5 Å². The van der Waals surface area contributed by atoms with E-state index in [1.54, 1.807) is 6.08 Å². The fourth-order valence-electron chi connectivity index (χ4n) is 6.29. The van der Waals surface area contributed by atoms with Crippen LogP contribution < -0.4 is 5.32 Å². The molecule has 8 unspecified atom stereocenters. The van der Waals surface area contributed by atoms with E-state index in [4.69, 9.17) is 9.47 Å². The molecule has 10 nitrogen and oxygen atoms in total. The molecular weight excluding hydrogens is 698 g/mol. The summed E-state index contributed by atoms with van der Waals surface area (Å²) >= 11 is 0. The lowest BCUT2D eigenvalue weighted by Gasteiger charge is -2.40. The van der Waals surface area contributed by atoms with Crippen molar-refractivity contribution in [3.63, 3.8) is 0 Å². The average Bonchev–Trinajstić information content (AvgIpc) is 3.18. The van der Waals surface area contributed by atoms with Crippen LogP contribution in [-0.4, -0.2) is 98.7 Å². The molecule has 0 aromatic carbocycles. The molecule has 10 heteroatoms. The van der Waals surface area contributed by atoms with Crippen LogP contribution >= 0.6 is 0 Å². The number of hydrogen-bond donors (Lipinski definition) is 7. The first-order valence-corrected chi connectivity index (χ1v) is 21.6. The van der Waals surface area contributed by atoms with Crippen LogP contribution in [-0.2, 0) is 14.3 Å². The molecule has 1 rings (SSSR count). The van der Waals surface area contributed by atoms with Crippen molar-refractivity contribution in [3.05, 3.63) is 60.8 Å². The highest BCUT2D eigenvalue weighted by Gasteiger charge is 2.44. The van der Waals surface area contributed by atoms with E-state index >= 15 is 0 Å². The molecule has 7 N–H and O–H groups in total. The molecule has 318 valence electrons. The molecule has 0 saturated carbocycles. The molecule has 0 radical (unpaired) electrons. The predicted octanol–water partition coefficient (Wildman–Crippen LogP) is 7.41. The number of unbranched alkanes of at least 4 members (excludes halogenated alkanes) is 16. The number of carbonyl (C=O) groups is 1. The average molecular weight is 778 g/mol. The lowest BCUT2D eigenvalue weighted by molar-refractivity contribution is -0.302. The van der Waals surface area contributed by atoms with Crippen molar-refractivity contribution in [1.82, 2.24) is 5.32 Å². The van der Waals surface area contributed by atoms with Gasteiger partial charge in [0.15, 0.2) is 6.29 Å². The molecule has 1 aliphatic rings. The van der Waals surface area contributed by atoms with Gasteiger partial charge in [-0.2, -0.15) is 0 Å². The van der Waals surface area contributed by atoms with Gasteiger partial charge in [0, 0.05) is 0 Å². The first-order chi connectivity index (χ1) is 26.8. The number of aliphatic hydroxyl groups is 6. The molecule has 1 heterocycles. The van der Waals surface area contributed by atoms with Crippen molar-refractivity contribution in [2.45, 2.75) is 204 Å². The second-order valence-electron chi connectivity index (χ2n) is 14.9. The van der Waals surface area contributed by atoms with E-state index in [2.05, 4.69) is 67.8 Å². The quantitative estimate of drug-likeness (QED) is 0.0200. The number of ether oxygens (including phenoxy) is 2. The van der Waals surface area contributed by atoms with Crippen molar-refractivity contribution in [1.29, 1.82) is 0 Å². The highest BCUT2D eigenvalue weighted by atomic mass is 16.7. The molecule has 1 fully saturated rings. The smallest absolute Gasteiger partial charge is 0.249 e. The highest BCUT2D eigenvalue weighted by molar-refractivity contribution is 5.80. The summed E-state index contributed by atoms with van der Waals surface area (Å²) in [6.45, 7) is 3.48. The van der Waals surface area contributed by atoms with Gasteiger partial charge < -0.3 is 45.4 Å². The molecule has 8 atom stereocenters. The molecule has 0 aromatic heterocycles. The number of carbonyl (C=O) groups excluding carboxylic acids is 1. The number of amides is 1. The Balaban J connectivity index is 2.46. The fourth-order valence-corrected chi connectivity index (χ4v) is 6.29. The Morgan fingerprint density at radius 2 is 1.15 bits per heavy atom. The van der Waals surface area contributed by atoms with Gasteiger partial charge in [-0.3, -0.25) is 4.79 Å². The molecule has 0 bridgehead atoms. The summed E-state index contributed by atoms with van der Waals surface area (Å²) in [5.41, 5.74) is 0. The standard InChI is InChI=1S/C45H79NO9/c1-3-5-7-9-11-13-15-17-18-19-20-21-22-24-26-28-30-32-34-39(49)44(53)46-37(36-54-45-43(52)42(51)41(50)40(35-47)55-45)38(48)33-31-29-27-25-23-16-14-12-10-8-6-4-2/h10-13,15,17,23,25,31,33,37-43,45,47-52H,3-9,14,16,18-22,24,26-30,32,34-36H2,1-2H3,(H,46,53)/b12-10+,13-11-,17-15-,25-23+,33-31+. The Labute approximate surface area is 333 Å². The molecule has 0 aromatic rings. The Kier molecular flexibility index (Phi) is 32.4. The number of nitrogens with one attached hydrogen (secondary N) is 1. The monoisotopic (exact) mass is 778 g/mol. The molecular formula is C45H79NO9. The summed E-state index contributed by atoms with van der Waals surface area (Å²) < 4.78 is 11.1. The van der Waals surface area contributed by atoms with Gasteiger partial charge in [-0.25, -0.2) is 0 Å². The van der Waals surface area contributed by atoms with E-state index < -0.39 is 61.5 Å². The van der Waals surface area contributed by atoms with E-state index in [0.29, 0.717) is 19.3 Å². The van der Waals surface area contributed by atoms with Crippen LogP contribution in [0, 0.1) is 0 Å². The van der Waals surface area contributed by atoms with Crippen molar-refractivity contribution < 1.29 is 44.9 Å². The highest BCUT2D eigenvalue weighted by Crippen LogP contribution is 2.22. The van der Waals surface area contributed by atoms with Gasteiger partial charge in [-0.15, -0.1) is 0 Å². The van der Waals surface area contributed by atoms with Gasteiger partial charge >= 0.3 is 0 Å². The van der Waals surface area contributed by atoms with E-state index in [1.807, 2.05) is 6.08 Å². The van der Waals surface area contributed by atoms with E-state index in [0.717, 1.165) is 51.4 Å². The van der Waals surface area contributed by atoms with Gasteiger partial charge in [-0.05, 0) is 64.2 Å². The van der Waals surface area contributed by atoms with Crippen LogP contribution in [0.1, 0.15) is 155 Å². The molecule has 1 amide bonds. The fraction of sp³-hybridized carbons (Fsp3) is 0.756. The van der Waals surface area contributed by atoms with Crippen LogP contribution in [0.4, 0.5) is 0 Å². The third kappa shape index (κ3) is 25.7. The van der Waals surface area contributed by atoms with Crippen LogP contribution in [0.15, 0.2) is 60.8 Å². The van der Waals surface area contributed by atoms with Crippen molar-refractivity contribution >= 4 is 5.91 Å². The predicted molar refractivity (Wildman–Crippen MR) is 222 cm³/mol. The topological polar surface area (TPSA) is 169 Å². The molecule has 1 saturated heterocycles. The third-order valence-electron chi connectivity index (χ3n) is 9.93. The second-order valence-corrected chi connectivity index (χ2v) is 14.9. The van der Waals surface area contributed by atoms with Crippen molar-refractivity contribution in [2.24, 2.45) is 0 Å². The van der Waals surface area contributed by atoms with Gasteiger partial charge in [0.2, 0.25) is 5.91 Å². The number of hydrogen-bond acceptors (Lipinski definition) is 9. The number of rotatable bonds is 34. The summed E-state index contributed by atoms with van der Waals surface area (Å²) in [5, 5.41) is 64.4. The van der Waals surface area contributed by atoms with Gasteiger partial charge in [-0.1, -0.05) is 152 Å². The molecule has 0 aliphatic carbocycles. The van der Waals surface area contributed by atoms with Crippen molar-refractivity contribution in [2.75, 3.05) is 13.2 Å². The lowest BCUT2D eigenvalue weighted by atomic mass is 9.99. The molecule has 55 heavy (non-hydrogen) atoms. The summed E-state index contributed by atoms with van der Waals surface area (Å²) in [4.78, 5) is 13.0. The summed E-state index contributed by atoms with van der Waals surface area (Å²) in [6.07, 6.45) is 34.5. The normalized spacial score (nSPS) is 22.5. The maximum Gasteiger partial charge on any atom is 0.249 e. The number of allylic oxidation sites excluding steroid dienone is 9. The van der Waals surface area contributed by atoms with Crippen LogP contribution in [0.3, 0.4) is 0 Å². The first-order valence-electron chi connectivity index (χ1n) is 21.6. The second kappa shape index (κ2) is 35.0. The number of aliphatic hydroxyl groups excluding tert-OH is 6. The lowest BCUT2D eigenvalue weighted by Crippen LogP contribution is -2.60. The van der Waals surface area contributed by atoms with Crippen LogP contribution in [0.25, 0.3) is 0 Å². The summed E-state index contributed by atoms with van der Waals surface area (Å²) in [6, 6.07) is -1.01. The minimum Gasteiger partial charge on any atom is -0.394 e. The van der Waals surface area contributed by atoms with E-state index in [1.165, 1.54) is 70.6 Å². The first kappa shape index (κ1) is 50.9. The zero-order valence-corrected chi connectivity index (χ0v) is 34.3. The van der Waals surface area contributed by atoms with Gasteiger partial charge in [0.05, 0.1) is 25.4 Å². The SMILES string of the molecule is CCCC/C=C/CC/C=C/CC/C=C/C(O)C(COC1OC(CO)C(O)C(O)C1O)NC(=O)C(O)CCCCCCCCCCC/C=C\C=C/CCCCC. The zero-order chi connectivity index (χ0) is 40.4. The maximum absolute atomic E-state index is 13.0. The summed E-state index contributed by atoms with van der Waals surface area (Å²) in [5.74, 6) is -0.639. The third-order valence-corrected chi connectivity index (χ3v) is 9.93.